The summed E-state index contributed by atoms with van der Waals surface area (Å²) in [6.45, 7) is 0.397. The number of ketones is 2. The second kappa shape index (κ2) is 11.4. The quantitative estimate of drug-likeness (QED) is 0.202. The van der Waals surface area contributed by atoms with Gasteiger partial charge in [-0.25, -0.2) is 4.79 Å². The molecule has 0 amide bonds. The summed E-state index contributed by atoms with van der Waals surface area (Å²) in [5, 5.41) is 35.0. The van der Waals surface area contributed by atoms with E-state index >= 15 is 0 Å². The second-order valence-electron chi connectivity index (χ2n) is 6.49. The van der Waals surface area contributed by atoms with Crippen LogP contribution in [0.3, 0.4) is 0 Å². The molecule has 0 spiro atoms. The van der Waals surface area contributed by atoms with Gasteiger partial charge >= 0.3 is 5.97 Å². The Hall–Kier alpha value is -0.800. The Morgan fingerprint density at radius 3 is 2.06 bits per heavy atom. The van der Waals surface area contributed by atoms with Crippen molar-refractivity contribution in [3.05, 3.63) is 46.9 Å². The number of carbonyl (C=O) groups is 3. The van der Waals surface area contributed by atoms with Crippen LogP contribution in [0.15, 0.2) is 35.8 Å². The summed E-state index contributed by atoms with van der Waals surface area (Å²) in [4.78, 5) is 34.3. The third kappa shape index (κ3) is 5.96. The van der Waals surface area contributed by atoms with E-state index in [1.165, 1.54) is 12.1 Å². The molecular weight excluding hydrogens is 458 g/mol. The Kier molecular flexibility index (Phi) is 11.1. The minimum absolute atomic E-state index is 0. The van der Waals surface area contributed by atoms with E-state index in [9.17, 15) is 22.8 Å². The normalized spacial score (nSPS) is 23.5. The van der Waals surface area contributed by atoms with Gasteiger partial charge in [0.15, 0.2) is 28.2 Å². The van der Waals surface area contributed by atoms with E-state index in [4.69, 9.17) is 25.0 Å². The van der Waals surface area contributed by atoms with Crippen LogP contribution in [-0.4, -0.2) is 134 Å². The molecule has 14 heteroatoms. The number of rotatable bonds is 3. The second-order valence-corrected chi connectivity index (χ2v) is 8.34. The molecular formula is C17H18Na2O11S. The van der Waals surface area contributed by atoms with Crippen LogP contribution in [0.4, 0.5) is 0 Å². The van der Waals surface area contributed by atoms with Gasteiger partial charge in [-0.15, -0.1) is 0 Å². The summed E-state index contributed by atoms with van der Waals surface area (Å²) in [6.07, 6.45) is -3.30. The van der Waals surface area contributed by atoms with E-state index in [-0.39, 0.29) is 70.2 Å². The minimum atomic E-state index is -4.62. The molecule has 1 unspecified atom stereocenters. The molecule has 0 bridgehead atoms. The molecule has 31 heavy (non-hydrogen) atoms. The minimum Gasteiger partial charge on any atom is -0.505 e. The monoisotopic (exact) mass is 476 g/mol. The van der Waals surface area contributed by atoms with E-state index in [1.807, 2.05) is 0 Å². The third-order valence-corrected chi connectivity index (χ3v) is 5.96. The molecule has 5 N–H and O–H groups in total. The molecule has 0 fully saturated rings. The SMILES string of the molecule is CC1(S(=O)(=O)O)CC(=O)c2ccccc2C1=O.O=C1O[C@H]([C@H](O)CO)C(O)=C1O.[Na].[Na]. The van der Waals surface area contributed by atoms with Gasteiger partial charge in [0.2, 0.25) is 5.76 Å². The van der Waals surface area contributed by atoms with Crippen LogP contribution in [0, 0.1) is 0 Å². The Morgan fingerprint density at radius 2 is 1.65 bits per heavy atom. The Bertz CT molecular complexity index is 1010. The fraction of sp³-hybridized carbons (Fsp3) is 0.353. The van der Waals surface area contributed by atoms with Crippen molar-refractivity contribution < 1.29 is 52.5 Å². The Labute approximate surface area is 221 Å². The molecule has 1 aromatic rings. The molecule has 1 aliphatic carbocycles. The van der Waals surface area contributed by atoms with Crippen LogP contribution in [0.1, 0.15) is 34.1 Å². The van der Waals surface area contributed by atoms with Crippen molar-refractivity contribution >= 4 is 86.8 Å². The molecule has 1 heterocycles. The number of benzene rings is 1. The molecule has 0 aromatic heterocycles. The first-order chi connectivity index (χ1) is 13.3. The van der Waals surface area contributed by atoms with E-state index < -0.39 is 69.2 Å². The summed E-state index contributed by atoms with van der Waals surface area (Å²) in [5.41, 5.74) is 0.252. The fourth-order valence-electron chi connectivity index (χ4n) is 2.72. The number of Topliss-reactive ketones (excluding diaryl/α,β-unsaturated/α-hetero) is 2. The van der Waals surface area contributed by atoms with Crippen LogP contribution >= 0.6 is 0 Å². The maximum Gasteiger partial charge on any atom is 0.377 e. The van der Waals surface area contributed by atoms with Crippen molar-refractivity contribution in [3.63, 3.8) is 0 Å². The summed E-state index contributed by atoms with van der Waals surface area (Å²) in [6, 6.07) is 6.00. The molecule has 3 atom stereocenters. The first kappa shape index (κ1) is 30.2. The zero-order chi connectivity index (χ0) is 22.1. The average Bonchev–Trinajstić information content (AvgIpc) is 2.92. The van der Waals surface area contributed by atoms with Gasteiger partial charge in [0.05, 0.1) is 6.61 Å². The Morgan fingerprint density at radius 1 is 1.13 bits per heavy atom. The zero-order valence-corrected chi connectivity index (χ0v) is 21.8. The molecule has 11 nitrogen and oxygen atoms in total. The van der Waals surface area contributed by atoms with Crippen molar-refractivity contribution in [3.8, 4) is 0 Å². The number of hydrogen-bond donors (Lipinski definition) is 5. The summed E-state index contributed by atoms with van der Waals surface area (Å²) < 4.78 is 33.9. The van der Waals surface area contributed by atoms with Gasteiger partial charge in [-0.05, 0) is 6.92 Å². The number of aliphatic hydroxyl groups is 4. The maximum absolute atomic E-state index is 12.0. The Balaban J connectivity index is 0.000000575. The molecule has 2 radical (unpaired) electrons. The van der Waals surface area contributed by atoms with Crippen molar-refractivity contribution in [1.82, 2.24) is 0 Å². The van der Waals surface area contributed by atoms with Crippen LogP contribution in [0.25, 0.3) is 0 Å². The van der Waals surface area contributed by atoms with Gasteiger partial charge in [0.1, 0.15) is 6.10 Å². The van der Waals surface area contributed by atoms with E-state index in [1.54, 1.807) is 12.1 Å². The van der Waals surface area contributed by atoms with Gasteiger partial charge in [0.25, 0.3) is 10.1 Å². The number of cyclic esters (lactones) is 1. The summed E-state index contributed by atoms with van der Waals surface area (Å²) in [7, 11) is -4.62. The maximum atomic E-state index is 12.0. The predicted molar refractivity (Wildman–Crippen MR) is 106 cm³/mol. The van der Waals surface area contributed by atoms with Crippen LogP contribution in [0.5, 0.6) is 0 Å². The number of aliphatic hydroxyl groups excluding tert-OH is 4. The molecule has 1 aromatic carbocycles. The smallest absolute Gasteiger partial charge is 0.377 e. The number of hydrogen-bond acceptors (Lipinski definition) is 10. The third-order valence-electron chi connectivity index (χ3n) is 4.50. The summed E-state index contributed by atoms with van der Waals surface area (Å²) in [5.74, 6) is -3.98. The zero-order valence-electron chi connectivity index (χ0n) is 17.0. The van der Waals surface area contributed by atoms with Gasteiger partial charge in [-0.2, -0.15) is 8.42 Å². The molecule has 160 valence electrons. The standard InChI is InChI=1S/C11H10O5S.C6H8O6.2Na/c1-11(17(14,15)16)6-9(12)7-4-2-3-5-8(7)10(11)13;7-1-2(8)5-3(9)4(10)6(11)12-5;;/h2-5H,6H2,1H3,(H,14,15,16);2,5,7-10H,1H2;;/t;2-,5-;;/m.1../s1. The van der Waals surface area contributed by atoms with Crippen LogP contribution in [0.2, 0.25) is 0 Å². The molecule has 0 saturated carbocycles. The number of ether oxygens (including phenoxy) is 1. The van der Waals surface area contributed by atoms with Crippen molar-refractivity contribution in [2.45, 2.75) is 30.3 Å². The molecule has 2 aliphatic rings. The van der Waals surface area contributed by atoms with Crippen LogP contribution < -0.4 is 0 Å². The van der Waals surface area contributed by atoms with Gasteiger partial charge in [-0.3, -0.25) is 14.1 Å². The molecule has 0 saturated heterocycles. The average molecular weight is 476 g/mol. The largest absolute Gasteiger partial charge is 0.505 e. The van der Waals surface area contributed by atoms with Crippen molar-refractivity contribution in [2.24, 2.45) is 0 Å². The summed E-state index contributed by atoms with van der Waals surface area (Å²) >= 11 is 0. The molecule has 1 aliphatic heterocycles. The topological polar surface area (TPSA) is 196 Å². The van der Waals surface area contributed by atoms with E-state index in [0.717, 1.165) is 6.92 Å². The van der Waals surface area contributed by atoms with Gasteiger partial charge < -0.3 is 25.2 Å². The first-order valence-corrected chi connectivity index (χ1v) is 9.55. The number of carbonyl (C=O) groups excluding carboxylic acids is 3. The fourth-order valence-corrected chi connectivity index (χ4v) is 3.38. The van der Waals surface area contributed by atoms with Crippen molar-refractivity contribution in [2.75, 3.05) is 6.61 Å². The van der Waals surface area contributed by atoms with E-state index in [0.29, 0.717) is 0 Å². The number of esters is 1. The predicted octanol–water partition coefficient (Wildman–Crippen LogP) is -1.07. The van der Waals surface area contributed by atoms with Gasteiger partial charge in [-0.1, -0.05) is 24.3 Å². The van der Waals surface area contributed by atoms with Crippen LogP contribution in [-0.2, 0) is 19.6 Å². The number of fused-ring (bicyclic) bond motifs is 1. The van der Waals surface area contributed by atoms with Gasteiger partial charge in [0, 0.05) is 76.7 Å². The van der Waals surface area contributed by atoms with Crippen molar-refractivity contribution in [1.29, 1.82) is 0 Å². The first-order valence-electron chi connectivity index (χ1n) is 8.11. The molecule has 3 rings (SSSR count). The van der Waals surface area contributed by atoms with E-state index in [2.05, 4.69) is 4.74 Å².